The van der Waals surface area contributed by atoms with Gasteiger partial charge in [0.2, 0.25) is 5.13 Å². The lowest BCUT2D eigenvalue weighted by molar-refractivity contribution is 0.103. The second-order valence-corrected chi connectivity index (χ2v) is 10.4. The number of methoxy groups -OCH3 is 2. The first-order valence-corrected chi connectivity index (χ1v) is 13.3. The molecule has 1 aromatic heterocycles. The summed E-state index contributed by atoms with van der Waals surface area (Å²) in [5, 5.41) is 11.4. The zero-order valence-electron chi connectivity index (χ0n) is 20.9. The maximum atomic E-state index is 13.1. The summed E-state index contributed by atoms with van der Waals surface area (Å²) in [7, 11) is 3.20. The SMILES string of the molecule is COc1ccc(C2CC(c3ccc(Cl)cc3Cl)=NN2c2nc(C)c(C(=O)Nc3ccccc3)s2)cc1OC. The number of thiazole rings is 1. The third-order valence-corrected chi connectivity index (χ3v) is 7.86. The zero-order chi connectivity index (χ0) is 26.8. The Labute approximate surface area is 234 Å². The molecule has 0 fully saturated rings. The fraction of sp³-hybridized carbons (Fsp3) is 0.179. The monoisotopic (exact) mass is 566 g/mol. The van der Waals surface area contributed by atoms with Crippen LogP contribution in [0.15, 0.2) is 71.8 Å². The van der Waals surface area contributed by atoms with Crippen molar-refractivity contribution in [2.24, 2.45) is 5.10 Å². The molecule has 5 rings (SSSR count). The van der Waals surface area contributed by atoms with Gasteiger partial charge in [0.25, 0.3) is 5.91 Å². The Kier molecular flexibility index (Phi) is 7.56. The molecule has 1 aliphatic rings. The Bertz CT molecular complexity index is 1520. The van der Waals surface area contributed by atoms with E-state index in [4.69, 9.17) is 42.8 Å². The van der Waals surface area contributed by atoms with Crippen LogP contribution in [0.1, 0.15) is 39.0 Å². The van der Waals surface area contributed by atoms with E-state index in [0.29, 0.717) is 49.4 Å². The Morgan fingerprint density at radius 1 is 1.03 bits per heavy atom. The number of anilines is 2. The van der Waals surface area contributed by atoms with Crippen molar-refractivity contribution in [2.75, 3.05) is 24.5 Å². The van der Waals surface area contributed by atoms with Gasteiger partial charge in [0.05, 0.1) is 36.7 Å². The van der Waals surface area contributed by atoms with Gasteiger partial charge in [-0.3, -0.25) is 4.79 Å². The van der Waals surface area contributed by atoms with Crippen molar-refractivity contribution in [3.05, 3.63) is 98.5 Å². The van der Waals surface area contributed by atoms with Crippen molar-refractivity contribution in [3.8, 4) is 11.5 Å². The highest BCUT2D eigenvalue weighted by Crippen LogP contribution is 2.42. The van der Waals surface area contributed by atoms with E-state index in [0.717, 1.165) is 16.8 Å². The zero-order valence-corrected chi connectivity index (χ0v) is 23.2. The van der Waals surface area contributed by atoms with E-state index < -0.39 is 0 Å². The fourth-order valence-corrected chi connectivity index (χ4v) is 5.77. The molecule has 1 N–H and O–H groups in total. The molecule has 10 heteroatoms. The number of hydrazone groups is 1. The second-order valence-electron chi connectivity index (χ2n) is 8.58. The van der Waals surface area contributed by atoms with Crippen molar-refractivity contribution in [1.82, 2.24) is 4.98 Å². The van der Waals surface area contributed by atoms with Crippen LogP contribution in [0, 0.1) is 6.92 Å². The summed E-state index contributed by atoms with van der Waals surface area (Å²) in [6.45, 7) is 1.82. The number of aryl methyl sites for hydroxylation is 1. The molecule has 4 aromatic rings. The lowest BCUT2D eigenvalue weighted by Gasteiger charge is -2.22. The smallest absolute Gasteiger partial charge is 0.267 e. The predicted octanol–water partition coefficient (Wildman–Crippen LogP) is 7.38. The van der Waals surface area contributed by atoms with Gasteiger partial charge in [0.1, 0.15) is 4.88 Å². The topological polar surface area (TPSA) is 76.0 Å². The first-order valence-electron chi connectivity index (χ1n) is 11.8. The number of nitrogens with one attached hydrogen (secondary N) is 1. The number of carbonyl (C=O) groups is 1. The molecule has 1 amide bonds. The average molecular weight is 567 g/mol. The van der Waals surface area contributed by atoms with Crippen LogP contribution in [0.25, 0.3) is 0 Å². The van der Waals surface area contributed by atoms with Gasteiger partial charge in [0, 0.05) is 22.7 Å². The maximum absolute atomic E-state index is 13.1. The van der Waals surface area contributed by atoms with Crippen LogP contribution >= 0.6 is 34.5 Å². The molecule has 0 saturated heterocycles. The summed E-state index contributed by atoms with van der Waals surface area (Å²) in [5.74, 6) is 1.03. The normalized spacial score (nSPS) is 14.8. The Balaban J connectivity index is 1.54. The summed E-state index contributed by atoms with van der Waals surface area (Å²) < 4.78 is 11.0. The molecule has 1 atom stereocenters. The lowest BCUT2D eigenvalue weighted by Crippen LogP contribution is -2.18. The minimum atomic E-state index is -0.218. The molecule has 2 heterocycles. The molecule has 3 aromatic carbocycles. The van der Waals surface area contributed by atoms with Gasteiger partial charge in [-0.25, -0.2) is 9.99 Å². The molecule has 0 radical (unpaired) electrons. The highest BCUT2D eigenvalue weighted by Gasteiger charge is 2.34. The Morgan fingerprint density at radius 3 is 2.50 bits per heavy atom. The average Bonchev–Trinajstić information content (AvgIpc) is 3.53. The lowest BCUT2D eigenvalue weighted by atomic mass is 9.98. The third kappa shape index (κ3) is 5.20. The van der Waals surface area contributed by atoms with Crippen LogP contribution in [0.4, 0.5) is 10.8 Å². The van der Waals surface area contributed by atoms with Crippen molar-refractivity contribution in [3.63, 3.8) is 0 Å². The summed E-state index contributed by atoms with van der Waals surface area (Å²) in [6.07, 6.45) is 0.557. The van der Waals surface area contributed by atoms with Crippen LogP contribution in [0.5, 0.6) is 11.5 Å². The van der Waals surface area contributed by atoms with Gasteiger partial charge >= 0.3 is 0 Å². The minimum absolute atomic E-state index is 0.216. The molecule has 38 heavy (non-hydrogen) atoms. The molecular weight excluding hydrogens is 543 g/mol. The van der Waals surface area contributed by atoms with Gasteiger partial charge in [0.15, 0.2) is 11.5 Å². The first kappa shape index (κ1) is 26.0. The van der Waals surface area contributed by atoms with E-state index in [1.165, 1.54) is 11.3 Å². The van der Waals surface area contributed by atoms with E-state index in [1.807, 2.05) is 66.5 Å². The summed E-state index contributed by atoms with van der Waals surface area (Å²) in [6, 6.07) is 20.2. The van der Waals surface area contributed by atoms with E-state index in [9.17, 15) is 4.79 Å². The van der Waals surface area contributed by atoms with E-state index in [1.54, 1.807) is 26.4 Å². The number of rotatable bonds is 7. The third-order valence-electron chi connectivity index (χ3n) is 6.16. The molecular formula is C28H24Cl2N4O3S. The van der Waals surface area contributed by atoms with Gasteiger partial charge in [-0.05, 0) is 48.9 Å². The van der Waals surface area contributed by atoms with Crippen LogP contribution in [-0.4, -0.2) is 30.8 Å². The Hall–Kier alpha value is -3.59. The second kappa shape index (κ2) is 11.0. The van der Waals surface area contributed by atoms with Crippen LogP contribution < -0.4 is 19.8 Å². The summed E-state index contributed by atoms with van der Waals surface area (Å²) in [5.41, 5.74) is 3.87. The van der Waals surface area contributed by atoms with Gasteiger partial charge in [-0.15, -0.1) is 0 Å². The van der Waals surface area contributed by atoms with E-state index in [-0.39, 0.29) is 11.9 Å². The molecule has 0 aliphatic carbocycles. The number of benzene rings is 3. The summed E-state index contributed by atoms with van der Waals surface area (Å²) >= 11 is 14.0. The number of hydrogen-bond acceptors (Lipinski definition) is 7. The maximum Gasteiger partial charge on any atom is 0.267 e. The highest BCUT2D eigenvalue weighted by molar-refractivity contribution is 7.17. The number of halogens is 2. The quantitative estimate of drug-likeness (QED) is 0.252. The molecule has 194 valence electrons. The van der Waals surface area contributed by atoms with Crippen molar-refractivity contribution in [2.45, 2.75) is 19.4 Å². The largest absolute Gasteiger partial charge is 0.493 e. The molecule has 0 spiro atoms. The van der Waals surface area contributed by atoms with Crippen LogP contribution in [-0.2, 0) is 0 Å². The molecule has 7 nitrogen and oxygen atoms in total. The highest BCUT2D eigenvalue weighted by atomic mass is 35.5. The molecule has 0 saturated carbocycles. The summed E-state index contributed by atoms with van der Waals surface area (Å²) in [4.78, 5) is 18.3. The standard InChI is InChI=1S/C28H24Cl2N4O3S/c1-16-26(27(35)32-19-7-5-4-6-8-19)38-28(31-16)34-23(17-9-12-24(36-2)25(13-17)37-3)15-22(33-34)20-11-10-18(29)14-21(20)30/h4-14,23H,15H2,1-3H3,(H,32,35). The number of amides is 1. The van der Waals surface area contributed by atoms with E-state index >= 15 is 0 Å². The number of carbonyl (C=O) groups excluding carboxylic acids is 1. The number of ether oxygens (including phenoxy) is 2. The molecule has 0 bridgehead atoms. The van der Waals surface area contributed by atoms with Gasteiger partial charge in [-0.1, -0.05) is 64.9 Å². The van der Waals surface area contributed by atoms with E-state index in [2.05, 4.69) is 5.32 Å². The predicted molar refractivity (Wildman–Crippen MR) is 154 cm³/mol. The molecule has 1 unspecified atom stereocenters. The Morgan fingerprint density at radius 2 is 1.79 bits per heavy atom. The number of aromatic nitrogens is 1. The van der Waals surface area contributed by atoms with Crippen molar-refractivity contribution >= 4 is 57.0 Å². The number of nitrogens with zero attached hydrogens (tertiary/aromatic N) is 3. The van der Waals surface area contributed by atoms with Crippen LogP contribution in [0.3, 0.4) is 0 Å². The number of hydrogen-bond donors (Lipinski definition) is 1. The number of para-hydroxylation sites is 1. The minimum Gasteiger partial charge on any atom is -0.493 e. The van der Waals surface area contributed by atoms with Gasteiger partial charge < -0.3 is 14.8 Å². The van der Waals surface area contributed by atoms with Crippen molar-refractivity contribution < 1.29 is 14.3 Å². The van der Waals surface area contributed by atoms with Gasteiger partial charge in [-0.2, -0.15) is 5.10 Å². The van der Waals surface area contributed by atoms with Crippen LogP contribution in [0.2, 0.25) is 10.0 Å². The molecule has 1 aliphatic heterocycles. The fourth-order valence-electron chi connectivity index (χ4n) is 4.29. The first-order chi connectivity index (χ1) is 18.4. The van der Waals surface area contributed by atoms with Crippen molar-refractivity contribution in [1.29, 1.82) is 0 Å².